The number of rotatable bonds is 8. The Labute approximate surface area is 413 Å². The van der Waals surface area contributed by atoms with Gasteiger partial charge in [-0.2, -0.15) is 0 Å². The maximum absolute atomic E-state index is 2.95. The summed E-state index contributed by atoms with van der Waals surface area (Å²) in [6.07, 6.45) is 0. The van der Waals surface area contributed by atoms with Crippen LogP contribution in [0, 0.1) is 0 Å². The van der Waals surface area contributed by atoms with Gasteiger partial charge >= 0.3 is 0 Å². The second-order valence-corrected chi connectivity index (χ2v) is 27.3. The summed E-state index contributed by atoms with van der Waals surface area (Å²) in [7, 11) is -5.60. The van der Waals surface area contributed by atoms with Crippen molar-refractivity contribution in [2.75, 3.05) is 0 Å². The fourth-order valence-electron chi connectivity index (χ4n) is 12.4. The molecule has 1 aliphatic heterocycles. The van der Waals surface area contributed by atoms with Gasteiger partial charge in [0.25, 0.3) is 0 Å². The Kier molecular flexibility index (Phi) is 9.50. The number of nitrogens with zero attached hydrogens (tertiary/aromatic N) is 1. The van der Waals surface area contributed by atoms with Crippen LogP contribution in [0.3, 0.4) is 0 Å². The van der Waals surface area contributed by atoms with E-state index in [2.05, 4.69) is 278 Å². The van der Waals surface area contributed by atoms with Crippen molar-refractivity contribution < 1.29 is 0 Å². The van der Waals surface area contributed by atoms with E-state index < -0.39 is 16.1 Å². The number of thiophene rings is 1. The molecule has 1 aliphatic rings. The molecule has 1 nitrogen and oxygen atoms in total. The predicted octanol–water partition coefficient (Wildman–Crippen LogP) is 11.6. The molecule has 0 fully saturated rings. The van der Waals surface area contributed by atoms with Crippen LogP contribution in [0.15, 0.2) is 273 Å². The zero-order valence-electron chi connectivity index (χ0n) is 38.3. The van der Waals surface area contributed by atoms with E-state index in [1.807, 2.05) is 11.3 Å². The van der Waals surface area contributed by atoms with E-state index in [0.717, 1.165) is 0 Å². The van der Waals surface area contributed by atoms with Gasteiger partial charge in [-0.3, -0.25) is 0 Å². The first-order valence-electron chi connectivity index (χ1n) is 24.3. The van der Waals surface area contributed by atoms with E-state index in [4.69, 9.17) is 0 Å². The molecule has 328 valence electrons. The normalized spacial score (nSPS) is 14.3. The molecule has 14 rings (SSSR count). The summed E-state index contributed by atoms with van der Waals surface area (Å²) >= 11 is 1.92. The monoisotopic (exact) mass is 939 g/mol. The Morgan fingerprint density at radius 2 is 0.771 bits per heavy atom. The molecule has 0 radical (unpaired) electrons. The summed E-state index contributed by atoms with van der Waals surface area (Å²) in [4.78, 5) is 0. The van der Waals surface area contributed by atoms with Crippen molar-refractivity contribution in [2.24, 2.45) is 0 Å². The highest BCUT2D eigenvalue weighted by Crippen LogP contribution is 2.47. The maximum Gasteiger partial charge on any atom is 0.180 e. The van der Waals surface area contributed by atoms with Crippen molar-refractivity contribution in [3.05, 3.63) is 273 Å². The lowest BCUT2D eigenvalue weighted by molar-refractivity contribution is 1.18. The van der Waals surface area contributed by atoms with Gasteiger partial charge in [0.1, 0.15) is 0 Å². The number of para-hydroxylation sites is 2. The van der Waals surface area contributed by atoms with Gasteiger partial charge in [-0.15, -0.1) is 11.3 Å². The third kappa shape index (κ3) is 5.88. The Morgan fingerprint density at radius 1 is 0.314 bits per heavy atom. The van der Waals surface area contributed by atoms with E-state index in [1.54, 1.807) is 0 Å². The van der Waals surface area contributed by atoms with Gasteiger partial charge in [-0.05, 0) is 100 Å². The summed E-state index contributed by atoms with van der Waals surface area (Å²) in [6.45, 7) is 0. The lowest BCUT2D eigenvalue weighted by atomic mass is 9.95. The van der Waals surface area contributed by atoms with Crippen LogP contribution in [-0.4, -0.2) is 20.7 Å². The first kappa shape index (κ1) is 40.9. The van der Waals surface area contributed by atoms with Crippen LogP contribution in [0.1, 0.15) is 0 Å². The molecule has 11 aromatic carbocycles. The predicted molar refractivity (Wildman–Crippen MR) is 305 cm³/mol. The van der Waals surface area contributed by atoms with E-state index in [0.29, 0.717) is 0 Å². The average Bonchev–Trinajstić information content (AvgIpc) is 4.09. The van der Waals surface area contributed by atoms with Crippen LogP contribution in [0.4, 0.5) is 0 Å². The highest BCUT2D eigenvalue weighted by atomic mass is 32.1. The van der Waals surface area contributed by atoms with Crippen LogP contribution in [-0.2, 0) is 0 Å². The van der Waals surface area contributed by atoms with E-state index in [9.17, 15) is 0 Å². The molecule has 70 heavy (non-hydrogen) atoms. The van der Waals surface area contributed by atoms with Gasteiger partial charge < -0.3 is 4.57 Å². The standard InChI is InChI=1S/C66H45NSSi2/c1-6-20-48(21-7-1)67-57-32-18-16-30-55(57)63-58(67)42-44-61-65(63)66-62(45-43-60-64(66)56-31-17-19-33-59(56)68-60)70(61,52-28-14-5-15-29-52)54-40-36-47(37-41-54)46-34-38-53(39-35-46)69(49-22-8-2-9-23-49,50-24-10-3-11-25-50)51-26-12-4-13-27-51/h1-45H. The Balaban J connectivity index is 0.996. The van der Waals surface area contributed by atoms with E-state index in [-0.39, 0.29) is 0 Å². The van der Waals surface area contributed by atoms with Crippen molar-refractivity contribution in [3.63, 3.8) is 0 Å². The van der Waals surface area contributed by atoms with Gasteiger partial charge in [-0.25, -0.2) is 0 Å². The van der Waals surface area contributed by atoms with Crippen molar-refractivity contribution in [3.8, 4) is 27.9 Å². The summed E-state index contributed by atoms with van der Waals surface area (Å²) in [5, 5.41) is 16.6. The molecule has 0 aliphatic carbocycles. The molecule has 0 amide bonds. The summed E-state index contributed by atoms with van der Waals surface area (Å²) < 4.78 is 5.15. The largest absolute Gasteiger partial charge is 0.309 e. The number of benzene rings is 11. The van der Waals surface area contributed by atoms with Gasteiger partial charge in [0, 0.05) is 36.6 Å². The number of aromatic nitrogens is 1. The minimum Gasteiger partial charge on any atom is -0.309 e. The quantitative estimate of drug-likeness (QED) is 0.106. The van der Waals surface area contributed by atoms with Crippen LogP contribution in [0.5, 0.6) is 0 Å². The van der Waals surface area contributed by atoms with Crippen molar-refractivity contribution in [1.29, 1.82) is 0 Å². The van der Waals surface area contributed by atoms with Crippen LogP contribution in [0.2, 0.25) is 0 Å². The molecule has 4 heteroatoms. The minimum absolute atomic E-state index is 1.18. The summed E-state index contributed by atoms with van der Waals surface area (Å²) in [5.41, 5.74) is 8.88. The first-order valence-corrected chi connectivity index (χ1v) is 29.1. The molecule has 2 aromatic heterocycles. The van der Waals surface area contributed by atoms with Gasteiger partial charge in [0.05, 0.1) is 11.0 Å². The SMILES string of the molecule is c1ccc(-n2c3ccccc3c3c4c(ccc32)[Si](c2ccccc2)(c2ccc(-c3ccc([Si](c5ccccc5)(c5ccccc5)c5ccccc5)cc3)cc2)c2ccc3sc5ccccc5c3c2-4)cc1. The molecule has 0 bridgehead atoms. The summed E-state index contributed by atoms with van der Waals surface area (Å²) in [5.74, 6) is 0. The third-order valence-corrected chi connectivity index (χ3v) is 26.0. The zero-order valence-corrected chi connectivity index (χ0v) is 41.2. The lowest BCUT2D eigenvalue weighted by Gasteiger charge is -2.34. The number of fused-ring (bicyclic) bond motifs is 11. The fraction of sp³-hybridized carbons (Fsp3) is 0. The van der Waals surface area contributed by atoms with Crippen LogP contribution < -0.4 is 41.5 Å². The Bertz CT molecular complexity index is 3980. The third-order valence-electron chi connectivity index (χ3n) is 15.3. The van der Waals surface area contributed by atoms with Crippen molar-refractivity contribution in [1.82, 2.24) is 4.57 Å². The van der Waals surface area contributed by atoms with Crippen LogP contribution >= 0.6 is 11.3 Å². The number of hydrogen-bond acceptors (Lipinski definition) is 1. The van der Waals surface area contributed by atoms with E-state index in [1.165, 1.54) is 111 Å². The Hall–Kier alpha value is -8.13. The number of hydrogen-bond donors (Lipinski definition) is 0. The van der Waals surface area contributed by atoms with Gasteiger partial charge in [0.15, 0.2) is 16.1 Å². The molecular formula is C66H45NSSi2. The lowest BCUT2D eigenvalue weighted by Crippen LogP contribution is -2.74. The molecule has 0 saturated carbocycles. The first-order chi connectivity index (χ1) is 34.7. The molecular weight excluding hydrogens is 895 g/mol. The van der Waals surface area contributed by atoms with Crippen LogP contribution in [0.25, 0.3) is 69.9 Å². The molecule has 1 unspecified atom stereocenters. The Morgan fingerprint density at radius 3 is 1.39 bits per heavy atom. The van der Waals surface area contributed by atoms with Gasteiger partial charge in [0.2, 0.25) is 0 Å². The smallest absolute Gasteiger partial charge is 0.180 e. The molecule has 1 atom stereocenters. The van der Waals surface area contributed by atoms with Crippen molar-refractivity contribution in [2.45, 2.75) is 0 Å². The average molecular weight is 940 g/mol. The molecule has 0 saturated heterocycles. The highest BCUT2D eigenvalue weighted by Gasteiger charge is 2.50. The molecule has 0 N–H and O–H groups in total. The molecule has 3 heterocycles. The second kappa shape index (κ2) is 16.3. The van der Waals surface area contributed by atoms with Crippen molar-refractivity contribution >= 4 is 111 Å². The van der Waals surface area contributed by atoms with E-state index >= 15 is 0 Å². The zero-order chi connectivity index (χ0) is 46.2. The summed E-state index contributed by atoms with van der Waals surface area (Å²) in [6, 6.07) is 103. The maximum atomic E-state index is 2.52. The second-order valence-electron chi connectivity index (χ2n) is 18.6. The molecule has 0 spiro atoms. The molecule has 13 aromatic rings. The topological polar surface area (TPSA) is 4.93 Å². The fourth-order valence-corrected chi connectivity index (χ4v) is 23.4. The highest BCUT2D eigenvalue weighted by molar-refractivity contribution is 7.27. The van der Waals surface area contributed by atoms with Gasteiger partial charge in [-0.1, -0.05) is 237 Å². The minimum atomic E-state index is -2.95.